The Bertz CT molecular complexity index is 504. The van der Waals surface area contributed by atoms with Crippen molar-refractivity contribution in [3.8, 4) is 5.75 Å². The first-order chi connectivity index (χ1) is 7.99. The van der Waals surface area contributed by atoms with Crippen LogP contribution in [0.1, 0.15) is 11.1 Å². The van der Waals surface area contributed by atoms with Crippen LogP contribution in [-0.4, -0.2) is 16.9 Å². The SMILES string of the molecule is NC(=O)/C=C/c1ccc(O)c(/C=C/C(N)=O)c1. The van der Waals surface area contributed by atoms with E-state index in [9.17, 15) is 14.7 Å². The summed E-state index contributed by atoms with van der Waals surface area (Å²) in [6, 6.07) is 4.64. The maximum absolute atomic E-state index is 10.6. The summed E-state index contributed by atoms with van der Waals surface area (Å²) in [5.41, 5.74) is 11.0. The summed E-state index contributed by atoms with van der Waals surface area (Å²) in [5.74, 6) is -1.16. The van der Waals surface area contributed by atoms with Crippen molar-refractivity contribution in [2.24, 2.45) is 11.5 Å². The van der Waals surface area contributed by atoms with Crippen molar-refractivity contribution < 1.29 is 14.7 Å². The molecule has 5 nitrogen and oxygen atoms in total. The van der Waals surface area contributed by atoms with Crippen LogP contribution in [0.25, 0.3) is 12.2 Å². The monoisotopic (exact) mass is 232 g/mol. The highest BCUT2D eigenvalue weighted by molar-refractivity contribution is 5.91. The van der Waals surface area contributed by atoms with Gasteiger partial charge in [-0.3, -0.25) is 9.59 Å². The topological polar surface area (TPSA) is 106 Å². The van der Waals surface area contributed by atoms with Gasteiger partial charge in [-0.25, -0.2) is 0 Å². The van der Waals surface area contributed by atoms with Crippen molar-refractivity contribution in [2.75, 3.05) is 0 Å². The second-order valence-electron chi connectivity index (χ2n) is 3.29. The van der Waals surface area contributed by atoms with Gasteiger partial charge in [0.15, 0.2) is 0 Å². The molecule has 0 aliphatic heterocycles. The van der Waals surface area contributed by atoms with E-state index in [4.69, 9.17) is 11.5 Å². The summed E-state index contributed by atoms with van der Waals surface area (Å²) in [7, 11) is 0. The molecule has 0 fully saturated rings. The molecule has 0 aliphatic rings. The highest BCUT2D eigenvalue weighted by Gasteiger charge is 1.98. The second kappa shape index (κ2) is 5.50. The zero-order valence-electron chi connectivity index (χ0n) is 8.96. The molecule has 1 aromatic carbocycles. The van der Waals surface area contributed by atoms with Crippen LogP contribution >= 0.6 is 0 Å². The van der Waals surface area contributed by atoms with E-state index in [1.165, 1.54) is 24.3 Å². The molecule has 5 heteroatoms. The Kier molecular flexibility index (Phi) is 4.05. The summed E-state index contributed by atoms with van der Waals surface area (Å²) in [6.45, 7) is 0. The third-order valence-electron chi connectivity index (χ3n) is 1.92. The predicted molar refractivity (Wildman–Crippen MR) is 64.6 cm³/mol. The lowest BCUT2D eigenvalue weighted by molar-refractivity contribution is -0.114. The van der Waals surface area contributed by atoms with Gasteiger partial charge in [-0.15, -0.1) is 0 Å². The summed E-state index contributed by atoms with van der Waals surface area (Å²) in [4.78, 5) is 21.1. The number of hydrogen-bond acceptors (Lipinski definition) is 3. The van der Waals surface area contributed by atoms with Crippen LogP contribution in [0.2, 0.25) is 0 Å². The van der Waals surface area contributed by atoms with Crippen LogP contribution < -0.4 is 11.5 Å². The normalized spacial score (nSPS) is 11.1. The summed E-state index contributed by atoms with van der Waals surface area (Å²) in [5, 5.41) is 9.51. The molecule has 0 heterocycles. The fourth-order valence-corrected chi connectivity index (χ4v) is 1.16. The van der Waals surface area contributed by atoms with Gasteiger partial charge < -0.3 is 16.6 Å². The largest absolute Gasteiger partial charge is 0.507 e. The molecule has 0 bridgehead atoms. The average Bonchev–Trinajstić information content (AvgIpc) is 2.26. The number of phenols is 1. The fourth-order valence-electron chi connectivity index (χ4n) is 1.16. The van der Waals surface area contributed by atoms with E-state index in [2.05, 4.69) is 0 Å². The number of amides is 2. The molecule has 0 saturated carbocycles. The number of carbonyl (C=O) groups excluding carboxylic acids is 2. The van der Waals surface area contributed by atoms with Crippen LogP contribution in [0.5, 0.6) is 5.75 Å². The fraction of sp³-hybridized carbons (Fsp3) is 0. The van der Waals surface area contributed by atoms with Gasteiger partial charge in [-0.2, -0.15) is 0 Å². The third kappa shape index (κ3) is 4.21. The van der Waals surface area contributed by atoms with Crippen molar-refractivity contribution in [2.45, 2.75) is 0 Å². The van der Waals surface area contributed by atoms with Crippen LogP contribution in [0, 0.1) is 0 Å². The lowest BCUT2D eigenvalue weighted by Crippen LogP contribution is -2.05. The highest BCUT2D eigenvalue weighted by Crippen LogP contribution is 2.20. The summed E-state index contributed by atoms with van der Waals surface area (Å²) < 4.78 is 0. The van der Waals surface area contributed by atoms with Gasteiger partial charge in [0.2, 0.25) is 11.8 Å². The number of rotatable bonds is 4. The number of benzene rings is 1. The molecule has 2 amide bonds. The molecule has 0 unspecified atom stereocenters. The Labute approximate surface area is 98.0 Å². The third-order valence-corrected chi connectivity index (χ3v) is 1.92. The molecular weight excluding hydrogens is 220 g/mol. The van der Waals surface area contributed by atoms with E-state index >= 15 is 0 Å². The van der Waals surface area contributed by atoms with Gasteiger partial charge in [0.1, 0.15) is 5.75 Å². The van der Waals surface area contributed by atoms with Crippen LogP contribution in [0.15, 0.2) is 30.4 Å². The Morgan fingerprint density at radius 3 is 2.24 bits per heavy atom. The summed E-state index contributed by atoms with van der Waals surface area (Å²) >= 11 is 0. The average molecular weight is 232 g/mol. The molecule has 0 atom stereocenters. The molecule has 0 aliphatic carbocycles. The lowest BCUT2D eigenvalue weighted by Gasteiger charge is -2.00. The smallest absolute Gasteiger partial charge is 0.241 e. The Balaban J connectivity index is 3.02. The lowest BCUT2D eigenvalue weighted by atomic mass is 10.1. The van der Waals surface area contributed by atoms with Crippen molar-refractivity contribution in [1.82, 2.24) is 0 Å². The number of aromatic hydroxyl groups is 1. The molecule has 1 aromatic rings. The van der Waals surface area contributed by atoms with Crippen molar-refractivity contribution in [3.63, 3.8) is 0 Å². The van der Waals surface area contributed by atoms with Gasteiger partial charge in [0.05, 0.1) is 0 Å². The quantitative estimate of drug-likeness (QED) is 0.653. The maximum atomic E-state index is 10.6. The molecular formula is C12H12N2O3. The van der Waals surface area contributed by atoms with E-state index in [1.54, 1.807) is 12.1 Å². The summed E-state index contributed by atoms with van der Waals surface area (Å²) in [6.07, 6.45) is 5.23. The molecule has 0 saturated heterocycles. The number of nitrogens with two attached hydrogens (primary N) is 2. The van der Waals surface area contributed by atoms with Gasteiger partial charge in [0.25, 0.3) is 0 Å². The predicted octanol–water partition coefficient (Wildman–Crippen LogP) is 0.389. The molecule has 0 radical (unpaired) electrons. The van der Waals surface area contributed by atoms with Crippen LogP contribution in [-0.2, 0) is 9.59 Å². The minimum atomic E-state index is -0.609. The zero-order chi connectivity index (χ0) is 12.8. The van der Waals surface area contributed by atoms with E-state index in [1.807, 2.05) is 0 Å². The van der Waals surface area contributed by atoms with Gasteiger partial charge in [-0.1, -0.05) is 6.07 Å². The van der Waals surface area contributed by atoms with Gasteiger partial charge in [0, 0.05) is 17.7 Å². The standard InChI is InChI=1S/C12H12N2O3/c13-11(16)5-2-8-1-4-10(15)9(7-8)3-6-12(14)17/h1-7,15H,(H2,13,16)(H2,14,17)/b5-2+,6-3+. The first kappa shape index (κ1) is 12.5. The highest BCUT2D eigenvalue weighted by atomic mass is 16.3. The van der Waals surface area contributed by atoms with Crippen molar-refractivity contribution >= 4 is 24.0 Å². The Morgan fingerprint density at radius 1 is 1.06 bits per heavy atom. The van der Waals surface area contributed by atoms with Crippen LogP contribution in [0.3, 0.4) is 0 Å². The van der Waals surface area contributed by atoms with E-state index in [0.717, 1.165) is 6.08 Å². The maximum Gasteiger partial charge on any atom is 0.241 e. The van der Waals surface area contributed by atoms with Gasteiger partial charge in [-0.05, 0) is 29.8 Å². The van der Waals surface area contributed by atoms with Crippen molar-refractivity contribution in [1.29, 1.82) is 0 Å². The molecule has 0 aromatic heterocycles. The van der Waals surface area contributed by atoms with E-state index < -0.39 is 11.8 Å². The molecule has 0 spiro atoms. The van der Waals surface area contributed by atoms with E-state index in [0.29, 0.717) is 11.1 Å². The molecule has 88 valence electrons. The molecule has 5 N–H and O–H groups in total. The first-order valence-electron chi connectivity index (χ1n) is 4.77. The zero-order valence-corrected chi connectivity index (χ0v) is 8.96. The minimum Gasteiger partial charge on any atom is -0.507 e. The van der Waals surface area contributed by atoms with Crippen molar-refractivity contribution in [3.05, 3.63) is 41.5 Å². The number of hydrogen-bond donors (Lipinski definition) is 3. The van der Waals surface area contributed by atoms with Gasteiger partial charge >= 0.3 is 0 Å². The van der Waals surface area contributed by atoms with E-state index in [-0.39, 0.29) is 5.75 Å². The number of phenolic OH excluding ortho intramolecular Hbond substituents is 1. The molecule has 1 rings (SSSR count). The number of primary amides is 2. The second-order valence-corrected chi connectivity index (χ2v) is 3.29. The minimum absolute atomic E-state index is 0.0127. The molecule has 17 heavy (non-hydrogen) atoms. The number of carbonyl (C=O) groups is 2. The van der Waals surface area contributed by atoms with Crippen LogP contribution in [0.4, 0.5) is 0 Å². The Hall–Kier alpha value is -2.56. The first-order valence-corrected chi connectivity index (χ1v) is 4.77. The Morgan fingerprint density at radius 2 is 1.65 bits per heavy atom.